The molecule has 3 heterocycles. The molecule has 0 saturated carbocycles. The van der Waals surface area contributed by atoms with E-state index < -0.39 is 0 Å². The van der Waals surface area contributed by atoms with E-state index in [0.717, 1.165) is 30.0 Å². The molecule has 1 aliphatic rings. The van der Waals surface area contributed by atoms with Crippen molar-refractivity contribution >= 4 is 22.2 Å². The summed E-state index contributed by atoms with van der Waals surface area (Å²) < 4.78 is 2.37. The molecule has 0 fully saturated rings. The third kappa shape index (κ3) is 2.49. The first-order valence-corrected chi connectivity index (χ1v) is 8.86. The van der Waals surface area contributed by atoms with E-state index in [0.29, 0.717) is 0 Å². The Morgan fingerprint density at radius 3 is 2.83 bits per heavy atom. The Balaban J connectivity index is 1.95. The van der Waals surface area contributed by atoms with Gasteiger partial charge in [-0.3, -0.25) is 0 Å². The van der Waals surface area contributed by atoms with Crippen LogP contribution in [0.2, 0.25) is 0 Å². The number of rotatable bonds is 0. The van der Waals surface area contributed by atoms with Gasteiger partial charge >= 0.3 is 0 Å². The van der Waals surface area contributed by atoms with E-state index >= 15 is 0 Å². The van der Waals surface area contributed by atoms with Gasteiger partial charge in [0.1, 0.15) is 0 Å². The second kappa shape index (κ2) is 5.56. The number of benzene rings is 1. The molecule has 23 heavy (non-hydrogen) atoms. The molecule has 0 aliphatic carbocycles. The highest BCUT2D eigenvalue weighted by Gasteiger charge is 2.22. The minimum absolute atomic E-state index is 1.04. The third-order valence-corrected chi connectivity index (χ3v) is 5.45. The highest BCUT2D eigenvalue weighted by atomic mass is 32.1. The van der Waals surface area contributed by atoms with Crippen molar-refractivity contribution in [3.8, 4) is 11.8 Å². The smallest absolute Gasteiger partial charge is 0.0772 e. The summed E-state index contributed by atoms with van der Waals surface area (Å²) in [5, 5.41) is 3.46. The number of thiophene rings is 1. The summed E-state index contributed by atoms with van der Waals surface area (Å²) in [6.07, 6.45) is 1.12. The maximum atomic E-state index is 3.42. The number of aryl methyl sites for hydroxylation is 2. The highest BCUT2D eigenvalue weighted by Crippen LogP contribution is 2.32. The van der Waals surface area contributed by atoms with Gasteiger partial charge in [-0.05, 0) is 48.7 Å². The van der Waals surface area contributed by atoms with Crippen LogP contribution >= 0.6 is 11.3 Å². The molecular weight excluding hydrogens is 300 g/mol. The molecule has 2 nitrogen and oxygen atoms in total. The van der Waals surface area contributed by atoms with Crippen molar-refractivity contribution in [1.82, 2.24) is 9.47 Å². The first-order valence-electron chi connectivity index (χ1n) is 7.98. The number of hydrogen-bond donors (Lipinski definition) is 0. The van der Waals surface area contributed by atoms with E-state index in [2.05, 4.69) is 72.0 Å². The molecular formula is C20H20N2S. The fraction of sp³-hybridized carbons (Fsp3) is 0.300. The quantitative estimate of drug-likeness (QED) is 0.570. The SMILES string of the molecule is Cc1cc(C#Cc2cccs2)c2c(c1)c1c(n2C)CCN(C)C1. The van der Waals surface area contributed by atoms with Gasteiger partial charge in [-0.25, -0.2) is 0 Å². The molecule has 1 aliphatic heterocycles. The van der Waals surface area contributed by atoms with E-state index in [1.807, 2.05) is 0 Å². The van der Waals surface area contributed by atoms with Crippen LogP contribution in [0.15, 0.2) is 29.6 Å². The Morgan fingerprint density at radius 2 is 2.04 bits per heavy atom. The minimum atomic E-state index is 1.04. The van der Waals surface area contributed by atoms with Crippen LogP contribution in [-0.2, 0) is 20.0 Å². The lowest BCUT2D eigenvalue weighted by Gasteiger charge is -2.23. The molecule has 1 aromatic carbocycles. The monoisotopic (exact) mass is 320 g/mol. The summed E-state index contributed by atoms with van der Waals surface area (Å²) in [4.78, 5) is 3.53. The summed E-state index contributed by atoms with van der Waals surface area (Å²) in [7, 11) is 4.40. The predicted octanol–water partition coefficient (Wildman–Crippen LogP) is 3.94. The van der Waals surface area contributed by atoms with Gasteiger partial charge < -0.3 is 9.47 Å². The van der Waals surface area contributed by atoms with Gasteiger partial charge in [-0.15, -0.1) is 11.3 Å². The van der Waals surface area contributed by atoms with Gasteiger partial charge in [0.2, 0.25) is 0 Å². The number of aromatic nitrogens is 1. The van der Waals surface area contributed by atoms with Crippen molar-refractivity contribution < 1.29 is 0 Å². The lowest BCUT2D eigenvalue weighted by Crippen LogP contribution is -2.26. The van der Waals surface area contributed by atoms with Crippen molar-refractivity contribution in [2.45, 2.75) is 19.9 Å². The second-order valence-corrected chi connectivity index (χ2v) is 7.36. The van der Waals surface area contributed by atoms with Crippen molar-refractivity contribution in [2.24, 2.45) is 7.05 Å². The second-order valence-electron chi connectivity index (χ2n) is 6.41. The average Bonchev–Trinajstić information content (AvgIpc) is 3.13. The van der Waals surface area contributed by atoms with Gasteiger partial charge in [-0.2, -0.15) is 0 Å². The topological polar surface area (TPSA) is 8.17 Å². The zero-order valence-electron chi connectivity index (χ0n) is 13.8. The van der Waals surface area contributed by atoms with E-state index in [1.165, 1.54) is 27.7 Å². The maximum absolute atomic E-state index is 3.42. The van der Waals surface area contributed by atoms with Crippen LogP contribution in [0.5, 0.6) is 0 Å². The van der Waals surface area contributed by atoms with Gasteiger partial charge in [0.25, 0.3) is 0 Å². The molecule has 116 valence electrons. The Kier molecular flexibility index (Phi) is 3.52. The van der Waals surface area contributed by atoms with E-state index in [1.54, 1.807) is 11.3 Å². The number of fused-ring (bicyclic) bond motifs is 3. The Hall–Kier alpha value is -2.02. The number of hydrogen-bond acceptors (Lipinski definition) is 2. The summed E-state index contributed by atoms with van der Waals surface area (Å²) in [6, 6.07) is 8.68. The zero-order valence-corrected chi connectivity index (χ0v) is 14.6. The van der Waals surface area contributed by atoms with E-state index in [-0.39, 0.29) is 0 Å². The molecule has 0 N–H and O–H groups in total. The van der Waals surface area contributed by atoms with Crippen LogP contribution in [0, 0.1) is 18.8 Å². The first-order chi connectivity index (χ1) is 11.1. The van der Waals surface area contributed by atoms with Crippen LogP contribution in [-0.4, -0.2) is 23.1 Å². The normalized spacial score (nSPS) is 14.6. The van der Waals surface area contributed by atoms with Crippen LogP contribution in [0.4, 0.5) is 0 Å². The summed E-state index contributed by atoms with van der Waals surface area (Å²) in [5.74, 6) is 6.74. The molecule has 0 unspecified atom stereocenters. The van der Waals surface area contributed by atoms with Crippen LogP contribution in [0.25, 0.3) is 10.9 Å². The lowest BCUT2D eigenvalue weighted by molar-refractivity contribution is 0.310. The number of nitrogens with zero attached hydrogens (tertiary/aromatic N) is 2. The van der Waals surface area contributed by atoms with Crippen molar-refractivity contribution in [3.05, 3.63) is 56.9 Å². The molecule has 0 amide bonds. The molecule has 2 aromatic heterocycles. The Morgan fingerprint density at radius 1 is 1.17 bits per heavy atom. The Labute approximate surface area is 141 Å². The molecule has 0 radical (unpaired) electrons. The first kappa shape index (κ1) is 14.6. The van der Waals surface area contributed by atoms with Gasteiger partial charge in [-0.1, -0.05) is 17.9 Å². The highest BCUT2D eigenvalue weighted by molar-refractivity contribution is 7.10. The fourth-order valence-corrected chi connectivity index (χ4v) is 4.15. The molecule has 0 atom stereocenters. The summed E-state index contributed by atoms with van der Waals surface area (Å²) >= 11 is 1.70. The standard InChI is InChI=1S/C20H20N2S/c1-14-11-15(6-7-16-5-4-10-23-16)20-17(12-14)18-13-21(2)9-8-19(18)22(20)3/h4-5,10-12H,8-9,13H2,1-3H3. The molecule has 0 bridgehead atoms. The van der Waals surface area contributed by atoms with Gasteiger partial charge in [0, 0.05) is 43.2 Å². The molecule has 3 heteroatoms. The molecule has 0 spiro atoms. The predicted molar refractivity (Wildman–Crippen MR) is 98.0 cm³/mol. The molecule has 3 aromatic rings. The molecule has 4 rings (SSSR count). The summed E-state index contributed by atoms with van der Waals surface area (Å²) in [5.41, 5.74) is 6.68. The van der Waals surface area contributed by atoms with Crippen molar-refractivity contribution in [3.63, 3.8) is 0 Å². The van der Waals surface area contributed by atoms with Gasteiger partial charge in [0.05, 0.1) is 10.4 Å². The minimum Gasteiger partial charge on any atom is -0.346 e. The third-order valence-electron chi connectivity index (χ3n) is 4.67. The van der Waals surface area contributed by atoms with Crippen LogP contribution in [0.1, 0.15) is 27.3 Å². The van der Waals surface area contributed by atoms with E-state index in [4.69, 9.17) is 0 Å². The van der Waals surface area contributed by atoms with Crippen LogP contribution < -0.4 is 0 Å². The molecule has 0 saturated heterocycles. The van der Waals surface area contributed by atoms with Crippen molar-refractivity contribution in [1.29, 1.82) is 0 Å². The largest absolute Gasteiger partial charge is 0.346 e. The summed E-state index contributed by atoms with van der Waals surface area (Å²) in [6.45, 7) is 4.34. The fourth-order valence-electron chi connectivity index (χ4n) is 3.58. The average molecular weight is 320 g/mol. The number of likely N-dealkylation sites (N-methyl/N-ethyl adjacent to an activating group) is 1. The Bertz CT molecular complexity index is 936. The van der Waals surface area contributed by atoms with Gasteiger partial charge in [0.15, 0.2) is 0 Å². The lowest BCUT2D eigenvalue weighted by atomic mass is 10.0. The van der Waals surface area contributed by atoms with Crippen LogP contribution in [0.3, 0.4) is 0 Å². The maximum Gasteiger partial charge on any atom is 0.0772 e. The zero-order chi connectivity index (χ0) is 16.0. The van der Waals surface area contributed by atoms with E-state index in [9.17, 15) is 0 Å². The van der Waals surface area contributed by atoms with Crippen molar-refractivity contribution in [2.75, 3.05) is 13.6 Å².